The Kier molecular flexibility index (Phi) is 3.44. The van der Waals surface area contributed by atoms with Crippen molar-refractivity contribution in [2.24, 2.45) is 5.92 Å². The summed E-state index contributed by atoms with van der Waals surface area (Å²) in [7, 11) is 2.15. The molecule has 2 aromatic rings. The van der Waals surface area contributed by atoms with E-state index in [2.05, 4.69) is 66.1 Å². The molecule has 3 heteroatoms. The molecule has 1 aliphatic rings. The number of hydrogen-bond acceptors (Lipinski definition) is 3. The Balaban J connectivity index is 1.85. The van der Waals surface area contributed by atoms with Crippen LogP contribution in [-0.4, -0.2) is 23.6 Å². The zero-order chi connectivity index (χ0) is 15.0. The fraction of sp³-hybridized carbons (Fsp3) is 0.444. The smallest absolute Gasteiger partial charge is 0.125 e. The van der Waals surface area contributed by atoms with Crippen LogP contribution in [0.4, 0.5) is 5.69 Å². The zero-order valence-corrected chi connectivity index (χ0v) is 13.3. The van der Waals surface area contributed by atoms with Gasteiger partial charge in [0, 0.05) is 19.0 Å². The van der Waals surface area contributed by atoms with Crippen LogP contribution in [0.3, 0.4) is 0 Å². The maximum absolute atomic E-state index is 4.48. The average molecular weight is 281 g/mol. The molecule has 110 valence electrons. The molecular weight excluding hydrogens is 258 g/mol. The highest BCUT2D eigenvalue weighted by molar-refractivity contribution is 5.50. The van der Waals surface area contributed by atoms with Gasteiger partial charge in [-0.05, 0) is 31.7 Å². The molecule has 1 heterocycles. The van der Waals surface area contributed by atoms with Crippen molar-refractivity contribution < 1.29 is 0 Å². The van der Waals surface area contributed by atoms with E-state index in [1.54, 1.807) is 0 Å². The van der Waals surface area contributed by atoms with Crippen LogP contribution in [-0.2, 0) is 5.41 Å². The molecular formula is C18H23N3. The minimum absolute atomic E-state index is 0.285. The summed E-state index contributed by atoms with van der Waals surface area (Å²) in [4.78, 5) is 11.1. The van der Waals surface area contributed by atoms with Crippen molar-refractivity contribution in [1.29, 1.82) is 0 Å². The number of nitrogens with zero attached hydrogens (tertiary/aromatic N) is 3. The molecule has 1 aliphatic carbocycles. The van der Waals surface area contributed by atoms with Crippen LogP contribution in [0, 0.1) is 19.8 Å². The molecule has 0 saturated heterocycles. The summed E-state index contributed by atoms with van der Waals surface area (Å²) in [6.07, 6.45) is 3.20. The van der Waals surface area contributed by atoms with Gasteiger partial charge < -0.3 is 4.90 Å². The van der Waals surface area contributed by atoms with E-state index in [1.165, 1.54) is 12.0 Å². The number of hydrogen-bond donors (Lipinski definition) is 0. The molecule has 2 atom stereocenters. The van der Waals surface area contributed by atoms with E-state index in [0.717, 1.165) is 29.7 Å². The van der Waals surface area contributed by atoms with Crippen molar-refractivity contribution in [2.75, 3.05) is 18.5 Å². The number of likely N-dealkylation sites (N-methyl/N-ethyl adjacent to an activating group) is 1. The Morgan fingerprint density at radius 2 is 1.90 bits per heavy atom. The Bertz CT molecular complexity index is 638. The van der Waals surface area contributed by atoms with E-state index in [1.807, 2.05) is 13.1 Å². The SMILES string of the molecule is Cc1ncc(N(C)C[C@@]2(c3ccccc3)CC2C)c(C)n1. The quantitative estimate of drug-likeness (QED) is 0.859. The highest BCUT2D eigenvalue weighted by Gasteiger charge is 2.52. The van der Waals surface area contributed by atoms with Gasteiger partial charge in [-0.25, -0.2) is 9.97 Å². The normalized spacial score (nSPS) is 23.9. The van der Waals surface area contributed by atoms with Gasteiger partial charge in [0.25, 0.3) is 0 Å². The number of anilines is 1. The molecule has 0 amide bonds. The third-order valence-corrected chi connectivity index (χ3v) is 4.81. The van der Waals surface area contributed by atoms with Gasteiger partial charge in [0.1, 0.15) is 5.82 Å². The fourth-order valence-corrected chi connectivity index (χ4v) is 3.43. The van der Waals surface area contributed by atoms with Gasteiger partial charge in [-0.1, -0.05) is 37.3 Å². The maximum Gasteiger partial charge on any atom is 0.125 e. The van der Waals surface area contributed by atoms with Crippen molar-refractivity contribution >= 4 is 5.69 Å². The number of aryl methyl sites for hydroxylation is 2. The fourth-order valence-electron chi connectivity index (χ4n) is 3.43. The van der Waals surface area contributed by atoms with Gasteiger partial charge in [-0.2, -0.15) is 0 Å². The Labute approximate surface area is 127 Å². The number of rotatable bonds is 4. The first-order chi connectivity index (χ1) is 10.0. The lowest BCUT2D eigenvalue weighted by atomic mass is 9.93. The first-order valence-electron chi connectivity index (χ1n) is 7.60. The summed E-state index contributed by atoms with van der Waals surface area (Å²) < 4.78 is 0. The van der Waals surface area contributed by atoms with Crippen LogP contribution >= 0.6 is 0 Å². The molecule has 3 nitrogen and oxygen atoms in total. The van der Waals surface area contributed by atoms with Gasteiger partial charge in [0.15, 0.2) is 0 Å². The lowest BCUT2D eigenvalue weighted by molar-refractivity contribution is 0.618. The molecule has 0 aliphatic heterocycles. The van der Waals surface area contributed by atoms with Crippen LogP contribution in [0.5, 0.6) is 0 Å². The molecule has 0 N–H and O–H groups in total. The summed E-state index contributed by atoms with van der Waals surface area (Å²) in [5.41, 5.74) is 3.93. The summed E-state index contributed by atoms with van der Waals surface area (Å²) in [5, 5.41) is 0. The van der Waals surface area contributed by atoms with Crippen molar-refractivity contribution in [3.63, 3.8) is 0 Å². The van der Waals surface area contributed by atoms with Crippen LogP contribution in [0.2, 0.25) is 0 Å². The topological polar surface area (TPSA) is 29.0 Å². The summed E-state index contributed by atoms with van der Waals surface area (Å²) >= 11 is 0. The summed E-state index contributed by atoms with van der Waals surface area (Å²) in [6.45, 7) is 7.36. The molecule has 0 radical (unpaired) electrons. The molecule has 1 aromatic carbocycles. The molecule has 1 fully saturated rings. The van der Waals surface area contributed by atoms with Crippen LogP contribution in [0.25, 0.3) is 0 Å². The van der Waals surface area contributed by atoms with Gasteiger partial charge >= 0.3 is 0 Å². The lowest BCUT2D eigenvalue weighted by Gasteiger charge is -2.27. The zero-order valence-electron chi connectivity index (χ0n) is 13.3. The minimum atomic E-state index is 0.285. The second-order valence-corrected chi connectivity index (χ2v) is 6.37. The molecule has 0 bridgehead atoms. The molecule has 1 unspecified atom stereocenters. The molecule has 1 saturated carbocycles. The third-order valence-electron chi connectivity index (χ3n) is 4.81. The van der Waals surface area contributed by atoms with Gasteiger partial charge in [0.2, 0.25) is 0 Å². The van der Waals surface area contributed by atoms with E-state index in [4.69, 9.17) is 0 Å². The van der Waals surface area contributed by atoms with Crippen molar-refractivity contribution in [3.05, 3.63) is 53.6 Å². The highest BCUT2D eigenvalue weighted by atomic mass is 15.1. The molecule has 21 heavy (non-hydrogen) atoms. The van der Waals surface area contributed by atoms with Gasteiger partial charge in [-0.15, -0.1) is 0 Å². The second-order valence-electron chi connectivity index (χ2n) is 6.37. The van der Waals surface area contributed by atoms with E-state index in [9.17, 15) is 0 Å². The first-order valence-corrected chi connectivity index (χ1v) is 7.60. The minimum Gasteiger partial charge on any atom is -0.371 e. The Morgan fingerprint density at radius 3 is 2.48 bits per heavy atom. The Hall–Kier alpha value is -1.90. The highest BCUT2D eigenvalue weighted by Crippen LogP contribution is 2.54. The average Bonchev–Trinajstić information content (AvgIpc) is 3.10. The standard InChI is InChI=1S/C18H23N3/c1-13-10-18(13,16-8-6-5-7-9-16)12-21(4)17-11-19-15(3)20-14(17)2/h5-9,11,13H,10,12H2,1-4H3/t13?,18-/m0/s1. The lowest BCUT2D eigenvalue weighted by Crippen LogP contribution is -2.31. The molecule has 0 spiro atoms. The Morgan fingerprint density at radius 1 is 1.24 bits per heavy atom. The van der Waals surface area contributed by atoms with E-state index < -0.39 is 0 Å². The molecule has 3 rings (SSSR count). The predicted octanol–water partition coefficient (Wildman–Crippen LogP) is 3.51. The van der Waals surface area contributed by atoms with Gasteiger partial charge in [0.05, 0.1) is 17.6 Å². The van der Waals surface area contributed by atoms with E-state index >= 15 is 0 Å². The van der Waals surface area contributed by atoms with E-state index in [0.29, 0.717) is 0 Å². The van der Waals surface area contributed by atoms with Crippen LogP contribution in [0.15, 0.2) is 36.5 Å². The number of aromatic nitrogens is 2. The second kappa shape index (κ2) is 5.14. The monoisotopic (exact) mass is 281 g/mol. The summed E-state index contributed by atoms with van der Waals surface area (Å²) in [5.74, 6) is 1.57. The first kappa shape index (κ1) is 14.1. The largest absolute Gasteiger partial charge is 0.371 e. The van der Waals surface area contributed by atoms with Crippen molar-refractivity contribution in [1.82, 2.24) is 9.97 Å². The van der Waals surface area contributed by atoms with Crippen molar-refractivity contribution in [3.8, 4) is 0 Å². The maximum atomic E-state index is 4.48. The van der Waals surface area contributed by atoms with Gasteiger partial charge in [-0.3, -0.25) is 0 Å². The summed E-state index contributed by atoms with van der Waals surface area (Å²) in [6, 6.07) is 10.9. The van der Waals surface area contributed by atoms with Crippen molar-refractivity contribution in [2.45, 2.75) is 32.6 Å². The molecule has 1 aromatic heterocycles. The van der Waals surface area contributed by atoms with Crippen LogP contribution < -0.4 is 4.90 Å². The number of benzene rings is 1. The van der Waals surface area contributed by atoms with E-state index in [-0.39, 0.29) is 5.41 Å². The predicted molar refractivity (Wildman–Crippen MR) is 86.7 cm³/mol. The van der Waals surface area contributed by atoms with Crippen LogP contribution in [0.1, 0.15) is 30.4 Å². The third kappa shape index (κ3) is 2.53.